The molecule has 1 unspecified atom stereocenters. The first kappa shape index (κ1) is 14.3. The Hall–Kier alpha value is -0.810. The molecule has 1 aromatic heterocycles. The summed E-state index contributed by atoms with van der Waals surface area (Å²) >= 11 is 1.88. The average Bonchev–Trinajstić information content (AvgIpc) is 2.36. The Labute approximate surface area is 108 Å². The number of thioether (sulfide) groups is 1. The number of anilines is 1. The maximum absolute atomic E-state index is 5.48. The predicted octanol–water partition coefficient (Wildman–Crippen LogP) is 2.66. The maximum Gasteiger partial charge on any atom is 0.146 e. The van der Waals surface area contributed by atoms with Crippen LogP contribution in [0.4, 0.5) is 5.82 Å². The number of hydrogen-bond donors (Lipinski definition) is 2. The molecule has 5 heteroatoms. The van der Waals surface area contributed by atoms with E-state index in [9.17, 15) is 0 Å². The van der Waals surface area contributed by atoms with Crippen molar-refractivity contribution < 1.29 is 0 Å². The highest BCUT2D eigenvalue weighted by atomic mass is 32.2. The molecule has 1 rings (SSSR count). The van der Waals surface area contributed by atoms with Gasteiger partial charge in [-0.1, -0.05) is 20.8 Å². The van der Waals surface area contributed by atoms with E-state index in [0.29, 0.717) is 5.25 Å². The van der Waals surface area contributed by atoms with Gasteiger partial charge in [-0.15, -0.1) is 0 Å². The lowest BCUT2D eigenvalue weighted by molar-refractivity contribution is 0.890. The molecular formula is C12H22N4S. The van der Waals surface area contributed by atoms with Crippen molar-refractivity contribution in [3.8, 4) is 0 Å². The fourth-order valence-electron chi connectivity index (χ4n) is 1.50. The van der Waals surface area contributed by atoms with Gasteiger partial charge < -0.3 is 5.43 Å². The zero-order chi connectivity index (χ0) is 12.8. The van der Waals surface area contributed by atoms with Crippen LogP contribution in [0.2, 0.25) is 0 Å². The third-order valence-electron chi connectivity index (χ3n) is 2.84. The van der Waals surface area contributed by atoms with Gasteiger partial charge in [-0.2, -0.15) is 11.8 Å². The molecule has 0 aromatic carbocycles. The molecule has 0 aliphatic carbocycles. The van der Waals surface area contributed by atoms with Crippen LogP contribution < -0.4 is 11.3 Å². The Morgan fingerprint density at radius 1 is 1.35 bits per heavy atom. The first-order chi connectivity index (χ1) is 8.12. The lowest BCUT2D eigenvalue weighted by atomic mass is 10.2. The molecule has 0 spiro atoms. The van der Waals surface area contributed by atoms with Gasteiger partial charge in [-0.05, 0) is 19.8 Å². The molecule has 1 atom stereocenters. The van der Waals surface area contributed by atoms with Crippen LogP contribution in [0.15, 0.2) is 0 Å². The molecule has 4 nitrogen and oxygen atoms in total. The molecule has 1 heterocycles. The van der Waals surface area contributed by atoms with Crippen molar-refractivity contribution in [2.45, 2.75) is 51.5 Å². The number of hydrogen-bond acceptors (Lipinski definition) is 5. The van der Waals surface area contributed by atoms with E-state index in [-0.39, 0.29) is 0 Å². The third-order valence-corrected chi connectivity index (χ3v) is 4.16. The Kier molecular flexibility index (Phi) is 5.71. The number of hydrazine groups is 1. The molecule has 96 valence electrons. The first-order valence-corrected chi connectivity index (χ1v) is 7.11. The Balaban J connectivity index is 2.85. The van der Waals surface area contributed by atoms with E-state index < -0.39 is 0 Å². The number of aryl methyl sites for hydroxylation is 1. The Morgan fingerprint density at radius 3 is 2.59 bits per heavy atom. The van der Waals surface area contributed by atoms with Crippen molar-refractivity contribution in [3.05, 3.63) is 17.1 Å². The van der Waals surface area contributed by atoms with Crippen LogP contribution in [0.3, 0.4) is 0 Å². The molecule has 0 aliphatic heterocycles. The fraction of sp³-hybridized carbons (Fsp3) is 0.667. The molecule has 0 radical (unpaired) electrons. The minimum absolute atomic E-state index is 0.638. The van der Waals surface area contributed by atoms with Crippen LogP contribution in [0.1, 0.15) is 44.3 Å². The van der Waals surface area contributed by atoms with E-state index in [0.717, 1.165) is 35.1 Å². The molecular weight excluding hydrogens is 232 g/mol. The van der Waals surface area contributed by atoms with Crippen LogP contribution in [0, 0.1) is 6.92 Å². The molecule has 0 aliphatic rings. The van der Waals surface area contributed by atoms with E-state index in [1.165, 1.54) is 6.42 Å². The summed E-state index contributed by atoms with van der Waals surface area (Å²) in [7, 11) is 0. The molecule has 0 saturated carbocycles. The molecule has 0 saturated heterocycles. The van der Waals surface area contributed by atoms with E-state index in [1.807, 2.05) is 18.7 Å². The molecule has 17 heavy (non-hydrogen) atoms. The number of aromatic nitrogens is 2. The molecule has 0 bridgehead atoms. The second-order valence-electron chi connectivity index (χ2n) is 4.09. The van der Waals surface area contributed by atoms with Crippen molar-refractivity contribution in [2.75, 3.05) is 5.43 Å². The van der Waals surface area contributed by atoms with Gasteiger partial charge in [0.25, 0.3) is 0 Å². The maximum atomic E-state index is 5.48. The second-order valence-corrected chi connectivity index (χ2v) is 5.51. The fourth-order valence-corrected chi connectivity index (χ4v) is 2.30. The van der Waals surface area contributed by atoms with Crippen molar-refractivity contribution in [1.82, 2.24) is 9.97 Å². The Morgan fingerprint density at radius 2 is 2.06 bits per heavy atom. The second kappa shape index (κ2) is 6.81. The average molecular weight is 254 g/mol. The lowest BCUT2D eigenvalue weighted by Crippen LogP contribution is -2.14. The smallest absolute Gasteiger partial charge is 0.146 e. The number of nitrogen functional groups attached to an aromatic ring is 1. The normalized spacial score (nSPS) is 12.5. The van der Waals surface area contributed by atoms with Gasteiger partial charge in [0.1, 0.15) is 11.6 Å². The predicted molar refractivity (Wildman–Crippen MR) is 75.0 cm³/mol. The van der Waals surface area contributed by atoms with Crippen LogP contribution in [-0.4, -0.2) is 15.2 Å². The topological polar surface area (TPSA) is 63.8 Å². The summed E-state index contributed by atoms with van der Waals surface area (Å²) in [6.45, 7) is 8.51. The highest BCUT2D eigenvalue weighted by Crippen LogP contribution is 2.21. The van der Waals surface area contributed by atoms with E-state index in [4.69, 9.17) is 5.84 Å². The van der Waals surface area contributed by atoms with E-state index >= 15 is 0 Å². The summed E-state index contributed by atoms with van der Waals surface area (Å²) < 4.78 is 0. The Bertz CT molecular complexity index is 343. The van der Waals surface area contributed by atoms with Gasteiger partial charge in [0.15, 0.2) is 0 Å². The summed E-state index contributed by atoms with van der Waals surface area (Å²) in [6, 6.07) is 0. The van der Waals surface area contributed by atoms with Crippen LogP contribution in [0.5, 0.6) is 0 Å². The van der Waals surface area contributed by atoms with Crippen molar-refractivity contribution in [3.63, 3.8) is 0 Å². The number of nitrogens with two attached hydrogens (primary N) is 1. The van der Waals surface area contributed by atoms with Crippen LogP contribution in [0.25, 0.3) is 0 Å². The summed E-state index contributed by atoms with van der Waals surface area (Å²) in [4.78, 5) is 9.02. The van der Waals surface area contributed by atoms with Gasteiger partial charge >= 0.3 is 0 Å². The van der Waals surface area contributed by atoms with Crippen molar-refractivity contribution in [2.24, 2.45) is 5.84 Å². The molecule has 1 aromatic rings. The summed E-state index contributed by atoms with van der Waals surface area (Å²) in [5, 5.41) is 0.638. The van der Waals surface area contributed by atoms with E-state index in [2.05, 4.69) is 36.2 Å². The van der Waals surface area contributed by atoms with Gasteiger partial charge in [0, 0.05) is 16.5 Å². The highest BCUT2D eigenvalue weighted by Gasteiger charge is 2.10. The summed E-state index contributed by atoms with van der Waals surface area (Å²) in [5.74, 6) is 7.94. The largest absolute Gasteiger partial charge is 0.308 e. The van der Waals surface area contributed by atoms with Crippen LogP contribution in [-0.2, 0) is 12.2 Å². The van der Waals surface area contributed by atoms with Gasteiger partial charge in [-0.3, -0.25) is 0 Å². The quantitative estimate of drug-likeness (QED) is 0.603. The summed E-state index contributed by atoms with van der Waals surface area (Å²) in [6.07, 6.45) is 2.07. The first-order valence-electron chi connectivity index (χ1n) is 6.06. The zero-order valence-corrected chi connectivity index (χ0v) is 11.9. The van der Waals surface area contributed by atoms with Gasteiger partial charge in [-0.25, -0.2) is 15.8 Å². The van der Waals surface area contributed by atoms with Crippen molar-refractivity contribution in [1.29, 1.82) is 0 Å². The minimum atomic E-state index is 0.638. The van der Waals surface area contributed by atoms with Crippen molar-refractivity contribution >= 4 is 17.6 Å². The number of rotatable bonds is 6. The zero-order valence-electron chi connectivity index (χ0n) is 11.1. The SMILES string of the molecule is CCc1nc(CSC(C)CC)nc(NN)c1C. The van der Waals surface area contributed by atoms with Gasteiger partial charge in [0.2, 0.25) is 0 Å². The summed E-state index contributed by atoms with van der Waals surface area (Å²) in [5.41, 5.74) is 4.78. The molecule has 0 fully saturated rings. The third kappa shape index (κ3) is 3.85. The van der Waals surface area contributed by atoms with Crippen LogP contribution >= 0.6 is 11.8 Å². The highest BCUT2D eigenvalue weighted by molar-refractivity contribution is 7.99. The minimum Gasteiger partial charge on any atom is -0.308 e. The molecule has 3 N–H and O–H groups in total. The standard InChI is InChI=1S/C12H22N4S/c1-5-8(3)17-7-11-14-10(6-2)9(4)12(15-11)16-13/h8H,5-7,13H2,1-4H3,(H,14,15,16). The molecule has 0 amide bonds. The lowest BCUT2D eigenvalue weighted by Gasteiger charge is -2.12. The number of nitrogens with zero attached hydrogens (tertiary/aromatic N) is 2. The van der Waals surface area contributed by atoms with E-state index in [1.54, 1.807) is 0 Å². The number of nitrogens with one attached hydrogen (secondary N) is 1. The van der Waals surface area contributed by atoms with Gasteiger partial charge in [0.05, 0.1) is 5.75 Å². The monoisotopic (exact) mass is 254 g/mol.